The van der Waals surface area contributed by atoms with Gasteiger partial charge in [-0.3, -0.25) is 0 Å². The van der Waals surface area contributed by atoms with Crippen molar-refractivity contribution >= 4 is 29.1 Å². The Balaban J connectivity index is 1.87. The Bertz CT molecular complexity index is 647. The second-order valence-corrected chi connectivity index (χ2v) is 5.51. The number of hydrogen-bond acceptors (Lipinski definition) is 2. The molecule has 3 rings (SSSR count). The summed E-state index contributed by atoms with van der Waals surface area (Å²) in [6.45, 7) is 2.09. The monoisotopic (exact) mass is 284 g/mol. The Labute approximate surface area is 124 Å². The molecule has 1 unspecified atom stereocenters. The van der Waals surface area contributed by atoms with E-state index in [1.165, 1.54) is 5.56 Å². The predicted molar refractivity (Wildman–Crippen MR) is 87.5 cm³/mol. The highest BCUT2D eigenvalue weighted by Gasteiger charge is 2.20. The van der Waals surface area contributed by atoms with Crippen molar-refractivity contribution in [3.63, 3.8) is 0 Å². The highest BCUT2D eigenvalue weighted by atomic mass is 35.5. The number of benzene rings is 2. The second kappa shape index (κ2) is 5.22. The summed E-state index contributed by atoms with van der Waals surface area (Å²) < 4.78 is 0. The fraction of sp³-hybridized carbons (Fsp3) is 0.176. The zero-order valence-corrected chi connectivity index (χ0v) is 12.4. The normalized spacial score (nSPS) is 16.9. The van der Waals surface area contributed by atoms with E-state index < -0.39 is 0 Å². The minimum absolute atomic E-state index is 0.102. The molecule has 0 saturated carbocycles. The summed E-state index contributed by atoms with van der Waals surface area (Å²) in [6.07, 6.45) is 4.37. The van der Waals surface area contributed by atoms with E-state index in [0.29, 0.717) is 0 Å². The maximum atomic E-state index is 6.32. The first-order valence-electron chi connectivity index (χ1n) is 6.68. The summed E-state index contributed by atoms with van der Waals surface area (Å²) in [5, 5.41) is 4.29. The van der Waals surface area contributed by atoms with Crippen molar-refractivity contribution in [2.24, 2.45) is 0 Å². The average molecular weight is 285 g/mol. The maximum absolute atomic E-state index is 6.32. The molecule has 1 heterocycles. The number of para-hydroxylation sites is 1. The smallest absolute Gasteiger partial charge is 0.118 e. The number of aryl methyl sites for hydroxylation is 1. The van der Waals surface area contributed by atoms with E-state index in [1.54, 1.807) is 0 Å². The van der Waals surface area contributed by atoms with Crippen molar-refractivity contribution < 1.29 is 0 Å². The van der Waals surface area contributed by atoms with Gasteiger partial charge in [-0.05, 0) is 36.8 Å². The Morgan fingerprint density at radius 2 is 1.85 bits per heavy atom. The molecule has 1 N–H and O–H groups in total. The molecular formula is C17H17ClN2. The summed E-state index contributed by atoms with van der Waals surface area (Å²) >= 11 is 6.32. The van der Waals surface area contributed by atoms with Crippen molar-refractivity contribution in [1.29, 1.82) is 0 Å². The van der Waals surface area contributed by atoms with Crippen LogP contribution in [0.3, 0.4) is 0 Å². The van der Waals surface area contributed by atoms with Crippen molar-refractivity contribution in [1.82, 2.24) is 0 Å². The molecule has 102 valence electrons. The van der Waals surface area contributed by atoms with E-state index in [2.05, 4.69) is 66.7 Å². The largest absolute Gasteiger partial charge is 0.362 e. The molecule has 1 aliphatic rings. The zero-order valence-electron chi connectivity index (χ0n) is 11.6. The number of likely N-dealkylation sites (N-methyl/N-ethyl adjacent to an activating group) is 1. The molecule has 0 aromatic heterocycles. The number of nitrogens with zero attached hydrogens (tertiary/aromatic N) is 1. The summed E-state index contributed by atoms with van der Waals surface area (Å²) in [7, 11) is 2.06. The van der Waals surface area contributed by atoms with Gasteiger partial charge >= 0.3 is 0 Å². The van der Waals surface area contributed by atoms with Gasteiger partial charge in [-0.25, -0.2) is 0 Å². The molecule has 20 heavy (non-hydrogen) atoms. The summed E-state index contributed by atoms with van der Waals surface area (Å²) in [5.41, 5.74) is 4.59. The fourth-order valence-corrected chi connectivity index (χ4v) is 2.78. The lowest BCUT2D eigenvalue weighted by Crippen LogP contribution is -2.38. The SMILES string of the molecule is Cc1ccc(NC2C=Cc3cccc(Cl)c3N2C)cc1. The molecule has 0 amide bonds. The lowest BCUT2D eigenvalue weighted by Gasteiger charge is -2.34. The van der Waals surface area contributed by atoms with Crippen LogP contribution in [0.5, 0.6) is 0 Å². The van der Waals surface area contributed by atoms with E-state index >= 15 is 0 Å². The fourth-order valence-electron chi connectivity index (χ4n) is 2.47. The van der Waals surface area contributed by atoms with Gasteiger partial charge in [0.1, 0.15) is 6.17 Å². The van der Waals surface area contributed by atoms with Crippen LogP contribution in [0, 0.1) is 6.92 Å². The van der Waals surface area contributed by atoms with Gasteiger partial charge in [0.25, 0.3) is 0 Å². The van der Waals surface area contributed by atoms with Crippen molar-refractivity contribution in [2.45, 2.75) is 13.1 Å². The van der Waals surface area contributed by atoms with Gasteiger partial charge in [-0.1, -0.05) is 47.5 Å². The van der Waals surface area contributed by atoms with Crippen LogP contribution in [0.4, 0.5) is 11.4 Å². The first-order valence-corrected chi connectivity index (χ1v) is 7.06. The Hall–Kier alpha value is -1.93. The first kappa shape index (κ1) is 13.1. The molecule has 0 radical (unpaired) electrons. The van der Waals surface area contributed by atoms with Gasteiger partial charge in [0.2, 0.25) is 0 Å². The van der Waals surface area contributed by atoms with Crippen LogP contribution in [0.2, 0.25) is 5.02 Å². The summed E-state index contributed by atoms with van der Waals surface area (Å²) in [4.78, 5) is 2.16. The van der Waals surface area contributed by atoms with Gasteiger partial charge in [-0.2, -0.15) is 0 Å². The molecule has 0 aliphatic carbocycles. The first-order chi connectivity index (χ1) is 9.65. The molecular weight excluding hydrogens is 268 g/mol. The quantitative estimate of drug-likeness (QED) is 0.870. The molecule has 2 nitrogen and oxygen atoms in total. The minimum Gasteiger partial charge on any atom is -0.362 e. The average Bonchev–Trinajstić information content (AvgIpc) is 2.44. The van der Waals surface area contributed by atoms with E-state index in [0.717, 1.165) is 22.0 Å². The van der Waals surface area contributed by atoms with Crippen LogP contribution in [0.15, 0.2) is 48.5 Å². The molecule has 0 fully saturated rings. The van der Waals surface area contributed by atoms with Crippen LogP contribution in [-0.2, 0) is 0 Å². The minimum atomic E-state index is 0.102. The number of hydrogen-bond donors (Lipinski definition) is 1. The number of halogens is 1. The lowest BCUT2D eigenvalue weighted by atomic mass is 10.1. The molecule has 0 spiro atoms. The second-order valence-electron chi connectivity index (χ2n) is 5.10. The molecule has 1 aliphatic heterocycles. The number of anilines is 2. The standard InChI is InChI=1S/C17H17ClN2/c1-12-6-9-14(10-7-12)19-16-11-8-13-4-3-5-15(18)17(13)20(16)2/h3-11,16,19H,1-2H3. The number of rotatable bonds is 2. The van der Waals surface area contributed by atoms with Crippen LogP contribution < -0.4 is 10.2 Å². The van der Waals surface area contributed by atoms with Crippen LogP contribution in [0.25, 0.3) is 6.08 Å². The van der Waals surface area contributed by atoms with E-state index in [9.17, 15) is 0 Å². The third-order valence-electron chi connectivity index (χ3n) is 3.61. The Morgan fingerprint density at radius 1 is 1.10 bits per heavy atom. The topological polar surface area (TPSA) is 15.3 Å². The summed E-state index contributed by atoms with van der Waals surface area (Å²) in [5.74, 6) is 0. The van der Waals surface area contributed by atoms with Gasteiger partial charge in [0.15, 0.2) is 0 Å². The number of nitrogens with one attached hydrogen (secondary N) is 1. The number of fused-ring (bicyclic) bond motifs is 1. The van der Waals surface area contributed by atoms with Crippen molar-refractivity contribution in [2.75, 3.05) is 17.3 Å². The van der Waals surface area contributed by atoms with Gasteiger partial charge < -0.3 is 10.2 Å². The third-order valence-corrected chi connectivity index (χ3v) is 3.92. The van der Waals surface area contributed by atoms with E-state index in [4.69, 9.17) is 11.6 Å². The van der Waals surface area contributed by atoms with Gasteiger partial charge in [-0.15, -0.1) is 0 Å². The molecule has 0 bridgehead atoms. The Morgan fingerprint density at radius 3 is 2.60 bits per heavy atom. The molecule has 1 atom stereocenters. The third kappa shape index (κ3) is 2.39. The van der Waals surface area contributed by atoms with Gasteiger partial charge in [0, 0.05) is 12.7 Å². The zero-order chi connectivity index (χ0) is 14.1. The van der Waals surface area contributed by atoms with E-state index in [1.807, 2.05) is 12.1 Å². The van der Waals surface area contributed by atoms with Crippen molar-refractivity contribution in [3.8, 4) is 0 Å². The lowest BCUT2D eigenvalue weighted by molar-refractivity contribution is 0.831. The maximum Gasteiger partial charge on any atom is 0.118 e. The van der Waals surface area contributed by atoms with E-state index in [-0.39, 0.29) is 6.17 Å². The molecule has 3 heteroatoms. The molecule has 0 saturated heterocycles. The van der Waals surface area contributed by atoms with Gasteiger partial charge in [0.05, 0.1) is 10.7 Å². The van der Waals surface area contributed by atoms with Crippen LogP contribution in [0.1, 0.15) is 11.1 Å². The highest BCUT2D eigenvalue weighted by molar-refractivity contribution is 6.33. The highest BCUT2D eigenvalue weighted by Crippen LogP contribution is 2.34. The predicted octanol–water partition coefficient (Wildman–Crippen LogP) is 4.55. The molecule has 2 aromatic carbocycles. The Kier molecular flexibility index (Phi) is 3.41. The summed E-state index contributed by atoms with van der Waals surface area (Å²) in [6, 6.07) is 14.4. The van der Waals surface area contributed by atoms with Crippen LogP contribution in [-0.4, -0.2) is 13.2 Å². The van der Waals surface area contributed by atoms with Crippen molar-refractivity contribution in [3.05, 3.63) is 64.7 Å². The molecule has 2 aromatic rings. The van der Waals surface area contributed by atoms with Crippen LogP contribution >= 0.6 is 11.6 Å².